The van der Waals surface area contributed by atoms with E-state index in [1.54, 1.807) is 24.1 Å². The summed E-state index contributed by atoms with van der Waals surface area (Å²) in [5.41, 5.74) is 2.99. The number of hydrogen-bond acceptors (Lipinski definition) is 6. The standard InChI is InChI=1S/C25H26N4O4/c1-15-11-20(31-5)19(18-9-10-29(22(15)18)24(30)33-25(2,3)4)14-28-13-17-8-7-16(12-26)23(32-6)21(17)27-28/h7-11,13H,14H2,1-6H3. The average Bonchev–Trinajstić information content (AvgIpc) is 3.38. The van der Waals surface area contributed by atoms with E-state index in [2.05, 4.69) is 11.2 Å². The van der Waals surface area contributed by atoms with Crippen LogP contribution in [0.3, 0.4) is 0 Å². The summed E-state index contributed by atoms with van der Waals surface area (Å²) < 4.78 is 20.0. The van der Waals surface area contributed by atoms with Crippen molar-refractivity contribution >= 4 is 27.9 Å². The summed E-state index contributed by atoms with van der Waals surface area (Å²) in [6.45, 7) is 7.86. The number of methoxy groups -OCH3 is 2. The minimum absolute atomic E-state index is 0.401. The monoisotopic (exact) mass is 446 g/mol. The molecule has 4 rings (SSSR count). The van der Waals surface area contributed by atoms with Crippen LogP contribution in [0.1, 0.15) is 37.5 Å². The van der Waals surface area contributed by atoms with E-state index in [9.17, 15) is 10.1 Å². The molecule has 0 spiro atoms. The van der Waals surface area contributed by atoms with E-state index in [-0.39, 0.29) is 0 Å². The lowest BCUT2D eigenvalue weighted by Gasteiger charge is -2.20. The van der Waals surface area contributed by atoms with Gasteiger partial charge in [-0.05, 0) is 57.5 Å². The first kappa shape index (κ1) is 22.2. The van der Waals surface area contributed by atoms with E-state index in [4.69, 9.17) is 14.2 Å². The molecule has 8 heteroatoms. The largest absolute Gasteiger partial charge is 0.496 e. The second kappa shape index (κ2) is 8.17. The number of nitrogens with zero attached hydrogens (tertiary/aromatic N) is 4. The molecule has 0 aliphatic heterocycles. The Hall–Kier alpha value is -3.99. The minimum atomic E-state index is -0.604. The Bertz CT molecular complexity index is 1420. The van der Waals surface area contributed by atoms with Gasteiger partial charge >= 0.3 is 6.09 Å². The van der Waals surface area contributed by atoms with E-state index in [0.717, 1.165) is 27.4 Å². The summed E-state index contributed by atoms with van der Waals surface area (Å²) >= 11 is 0. The van der Waals surface area contributed by atoms with Gasteiger partial charge in [-0.15, -0.1) is 0 Å². The highest BCUT2D eigenvalue weighted by molar-refractivity contribution is 5.95. The maximum Gasteiger partial charge on any atom is 0.419 e. The second-order valence-electron chi connectivity index (χ2n) is 8.83. The number of aromatic nitrogens is 3. The van der Waals surface area contributed by atoms with Gasteiger partial charge in [0.15, 0.2) is 5.75 Å². The van der Waals surface area contributed by atoms with Gasteiger partial charge in [-0.3, -0.25) is 9.25 Å². The highest BCUT2D eigenvalue weighted by Gasteiger charge is 2.22. The zero-order valence-electron chi connectivity index (χ0n) is 19.6. The third kappa shape index (κ3) is 3.98. The Labute approximate surface area is 191 Å². The van der Waals surface area contributed by atoms with Crippen LogP contribution in [0.2, 0.25) is 0 Å². The van der Waals surface area contributed by atoms with Crippen LogP contribution in [0.4, 0.5) is 4.79 Å². The van der Waals surface area contributed by atoms with Gasteiger partial charge in [0.05, 0.1) is 31.8 Å². The quantitative estimate of drug-likeness (QED) is 0.437. The average molecular weight is 447 g/mol. The number of ether oxygens (including phenoxy) is 3. The molecule has 170 valence electrons. The van der Waals surface area contributed by atoms with Gasteiger partial charge in [0, 0.05) is 28.7 Å². The molecule has 2 aromatic carbocycles. The molecule has 0 atom stereocenters. The molecule has 0 fully saturated rings. The number of nitriles is 1. The maximum absolute atomic E-state index is 12.8. The maximum atomic E-state index is 12.8. The molecular weight excluding hydrogens is 420 g/mol. The van der Waals surface area contributed by atoms with Crippen molar-refractivity contribution in [2.24, 2.45) is 0 Å². The smallest absolute Gasteiger partial charge is 0.419 e. The van der Waals surface area contributed by atoms with E-state index in [1.165, 1.54) is 11.7 Å². The van der Waals surface area contributed by atoms with Crippen molar-refractivity contribution in [3.8, 4) is 17.6 Å². The van der Waals surface area contributed by atoms with Crippen molar-refractivity contribution in [1.82, 2.24) is 14.3 Å². The molecule has 4 aromatic rings. The van der Waals surface area contributed by atoms with Crippen LogP contribution in [0.15, 0.2) is 36.7 Å². The number of carbonyl (C=O) groups is 1. The second-order valence-corrected chi connectivity index (χ2v) is 8.83. The zero-order valence-corrected chi connectivity index (χ0v) is 19.6. The number of hydrogen-bond donors (Lipinski definition) is 0. The molecule has 2 heterocycles. The minimum Gasteiger partial charge on any atom is -0.496 e. The lowest BCUT2D eigenvalue weighted by molar-refractivity contribution is 0.0544. The van der Waals surface area contributed by atoms with Gasteiger partial charge in [-0.1, -0.05) is 0 Å². The number of aryl methyl sites for hydroxylation is 1. The fourth-order valence-electron chi connectivity index (χ4n) is 4.02. The zero-order chi connectivity index (χ0) is 23.9. The van der Waals surface area contributed by atoms with Crippen LogP contribution in [0.5, 0.6) is 11.5 Å². The Kier molecular flexibility index (Phi) is 5.50. The SMILES string of the molecule is COc1cc(C)c2c(ccn2C(=O)OC(C)(C)C)c1Cn1cc2ccc(C#N)c(OC)c2n1. The van der Waals surface area contributed by atoms with Gasteiger partial charge in [0.1, 0.15) is 22.9 Å². The van der Waals surface area contributed by atoms with Gasteiger partial charge in [-0.2, -0.15) is 10.4 Å². The molecule has 0 amide bonds. The molecule has 2 aromatic heterocycles. The third-order valence-electron chi connectivity index (χ3n) is 5.36. The topological polar surface area (TPSA) is 91.3 Å². The number of carbonyl (C=O) groups excluding carboxylic acids is 1. The van der Waals surface area contributed by atoms with E-state index in [1.807, 2.05) is 52.1 Å². The van der Waals surface area contributed by atoms with E-state index in [0.29, 0.717) is 29.1 Å². The Morgan fingerprint density at radius 3 is 2.58 bits per heavy atom. The highest BCUT2D eigenvalue weighted by atomic mass is 16.6. The van der Waals surface area contributed by atoms with Crippen LogP contribution in [-0.4, -0.2) is 40.3 Å². The van der Waals surface area contributed by atoms with Crippen LogP contribution in [0.25, 0.3) is 21.8 Å². The lowest BCUT2D eigenvalue weighted by Crippen LogP contribution is -2.26. The van der Waals surface area contributed by atoms with Crippen molar-refractivity contribution < 1.29 is 19.0 Å². The summed E-state index contributed by atoms with van der Waals surface area (Å²) in [6.07, 6.45) is 3.18. The van der Waals surface area contributed by atoms with Gasteiger partial charge in [0.2, 0.25) is 0 Å². The molecule has 0 N–H and O–H groups in total. The third-order valence-corrected chi connectivity index (χ3v) is 5.36. The summed E-state index contributed by atoms with van der Waals surface area (Å²) in [7, 11) is 3.15. The van der Waals surface area contributed by atoms with Gasteiger partial charge in [0.25, 0.3) is 0 Å². The fourth-order valence-corrected chi connectivity index (χ4v) is 4.02. The first-order valence-corrected chi connectivity index (χ1v) is 10.5. The molecule has 0 aliphatic carbocycles. The van der Waals surface area contributed by atoms with Crippen molar-refractivity contribution in [1.29, 1.82) is 5.26 Å². The summed E-state index contributed by atoms with van der Waals surface area (Å²) in [6, 6.07) is 9.51. The normalized spacial score (nSPS) is 11.5. The molecule has 0 bridgehead atoms. The highest BCUT2D eigenvalue weighted by Crippen LogP contribution is 2.34. The molecule has 33 heavy (non-hydrogen) atoms. The summed E-state index contributed by atoms with van der Waals surface area (Å²) in [5.74, 6) is 1.15. The Balaban J connectivity index is 1.83. The van der Waals surface area contributed by atoms with Crippen LogP contribution < -0.4 is 9.47 Å². The van der Waals surface area contributed by atoms with Crippen molar-refractivity contribution in [3.63, 3.8) is 0 Å². The van der Waals surface area contributed by atoms with E-state index >= 15 is 0 Å². The number of fused-ring (bicyclic) bond motifs is 2. The molecule has 0 saturated carbocycles. The first-order chi connectivity index (χ1) is 15.7. The van der Waals surface area contributed by atoms with Crippen molar-refractivity contribution in [3.05, 3.63) is 53.3 Å². The number of rotatable bonds is 4. The lowest BCUT2D eigenvalue weighted by atomic mass is 10.0. The van der Waals surface area contributed by atoms with Crippen molar-refractivity contribution in [2.45, 2.75) is 39.8 Å². The molecule has 0 aliphatic rings. The summed E-state index contributed by atoms with van der Waals surface area (Å²) in [4.78, 5) is 12.8. The Morgan fingerprint density at radius 1 is 1.18 bits per heavy atom. The predicted molar refractivity (Wildman–Crippen MR) is 125 cm³/mol. The van der Waals surface area contributed by atoms with Gasteiger partial charge in [-0.25, -0.2) is 4.79 Å². The van der Waals surface area contributed by atoms with Crippen LogP contribution >= 0.6 is 0 Å². The molecule has 8 nitrogen and oxygen atoms in total. The van der Waals surface area contributed by atoms with E-state index < -0.39 is 11.7 Å². The molecule has 0 unspecified atom stereocenters. The molecule has 0 saturated heterocycles. The molecule has 0 radical (unpaired) electrons. The molecular formula is C25H26N4O4. The number of benzene rings is 2. The van der Waals surface area contributed by atoms with Gasteiger partial charge < -0.3 is 14.2 Å². The van der Waals surface area contributed by atoms with Crippen LogP contribution in [-0.2, 0) is 11.3 Å². The fraction of sp³-hybridized carbons (Fsp3) is 0.320. The van der Waals surface area contributed by atoms with Crippen LogP contribution in [0, 0.1) is 18.3 Å². The van der Waals surface area contributed by atoms with Crippen molar-refractivity contribution in [2.75, 3.05) is 14.2 Å². The first-order valence-electron chi connectivity index (χ1n) is 10.5. The Morgan fingerprint density at radius 2 is 1.94 bits per heavy atom. The predicted octanol–water partition coefficient (Wildman–Crippen LogP) is 5.02. The summed E-state index contributed by atoms with van der Waals surface area (Å²) in [5, 5.41) is 15.8.